The van der Waals surface area contributed by atoms with Gasteiger partial charge in [-0.25, -0.2) is 13.1 Å². The Kier molecular flexibility index (Phi) is 7.50. The first-order chi connectivity index (χ1) is 14.4. The van der Waals surface area contributed by atoms with Gasteiger partial charge in [0.05, 0.1) is 17.9 Å². The third-order valence-electron chi connectivity index (χ3n) is 3.91. The van der Waals surface area contributed by atoms with E-state index in [-0.39, 0.29) is 24.5 Å². The molecular formula is C19H19ClN4O5S. The number of nitrogens with one attached hydrogen (secondary N) is 1. The average molecular weight is 451 g/mol. The topological polar surface area (TPSA) is 124 Å². The number of hydrogen-bond acceptors (Lipinski definition) is 8. The van der Waals surface area contributed by atoms with Crippen molar-refractivity contribution in [3.8, 4) is 11.4 Å². The predicted molar refractivity (Wildman–Crippen MR) is 108 cm³/mol. The Bertz CT molecular complexity index is 1090. The van der Waals surface area contributed by atoms with Crippen molar-refractivity contribution in [3.05, 3.63) is 59.7 Å². The van der Waals surface area contributed by atoms with Gasteiger partial charge in [0.2, 0.25) is 21.7 Å². The average Bonchev–Trinajstić information content (AvgIpc) is 3.21. The second-order valence-corrected chi connectivity index (χ2v) is 8.39. The van der Waals surface area contributed by atoms with Crippen molar-refractivity contribution in [2.75, 3.05) is 13.2 Å². The zero-order valence-corrected chi connectivity index (χ0v) is 17.4. The van der Waals surface area contributed by atoms with E-state index in [2.05, 4.69) is 19.8 Å². The summed E-state index contributed by atoms with van der Waals surface area (Å²) in [6.07, 6.45) is 4.14. The maximum Gasteiger partial charge on any atom is 0.307 e. The highest BCUT2D eigenvalue weighted by Crippen LogP contribution is 2.15. The van der Waals surface area contributed by atoms with Crippen molar-refractivity contribution in [2.24, 2.45) is 0 Å². The normalized spacial score (nSPS) is 11.4. The number of carbonyl (C=O) groups excluding carboxylic acids is 1. The fourth-order valence-corrected chi connectivity index (χ4v) is 3.79. The van der Waals surface area contributed by atoms with E-state index in [0.29, 0.717) is 29.6 Å². The molecule has 0 aliphatic rings. The van der Waals surface area contributed by atoms with Crippen LogP contribution >= 0.6 is 11.6 Å². The number of pyridine rings is 1. The van der Waals surface area contributed by atoms with E-state index in [4.69, 9.17) is 20.9 Å². The van der Waals surface area contributed by atoms with Gasteiger partial charge in [-0.05, 0) is 36.8 Å². The third-order valence-corrected chi connectivity index (χ3v) is 5.61. The van der Waals surface area contributed by atoms with Crippen molar-refractivity contribution < 1.29 is 22.5 Å². The molecule has 0 spiro atoms. The molecule has 3 aromatic rings. The maximum atomic E-state index is 12.1. The number of aromatic nitrogens is 3. The van der Waals surface area contributed by atoms with Crippen LogP contribution < -0.4 is 4.72 Å². The number of hydrogen-bond donors (Lipinski definition) is 1. The number of esters is 1. The van der Waals surface area contributed by atoms with Gasteiger partial charge < -0.3 is 9.26 Å². The molecule has 0 aliphatic carbocycles. The molecule has 0 aliphatic heterocycles. The Hall–Kier alpha value is -2.82. The molecule has 11 heteroatoms. The number of sulfonamides is 1. The van der Waals surface area contributed by atoms with Crippen LogP contribution in [0.25, 0.3) is 11.4 Å². The van der Waals surface area contributed by atoms with E-state index >= 15 is 0 Å². The minimum atomic E-state index is -3.73. The summed E-state index contributed by atoms with van der Waals surface area (Å²) in [6, 6.07) is 9.47. The van der Waals surface area contributed by atoms with Crippen molar-refractivity contribution in [2.45, 2.75) is 24.2 Å². The molecule has 0 saturated heterocycles. The zero-order chi connectivity index (χ0) is 21.4. The monoisotopic (exact) mass is 450 g/mol. The number of nitrogens with zero attached hydrogens (tertiary/aromatic N) is 3. The Morgan fingerprint density at radius 1 is 1.23 bits per heavy atom. The molecule has 3 rings (SSSR count). The first-order valence-corrected chi connectivity index (χ1v) is 10.9. The van der Waals surface area contributed by atoms with E-state index in [9.17, 15) is 13.2 Å². The van der Waals surface area contributed by atoms with E-state index in [1.807, 2.05) is 6.07 Å². The van der Waals surface area contributed by atoms with Crippen LogP contribution in [-0.4, -0.2) is 42.7 Å². The minimum absolute atomic E-state index is 0.0357. The predicted octanol–water partition coefficient (Wildman–Crippen LogP) is 2.63. The lowest BCUT2D eigenvalue weighted by Crippen LogP contribution is -2.26. The zero-order valence-electron chi connectivity index (χ0n) is 15.8. The molecule has 0 fully saturated rings. The molecule has 1 aromatic carbocycles. The van der Waals surface area contributed by atoms with Crippen LogP contribution in [0.2, 0.25) is 5.02 Å². The van der Waals surface area contributed by atoms with Crippen LogP contribution in [0.3, 0.4) is 0 Å². The molecule has 0 bridgehead atoms. The van der Waals surface area contributed by atoms with Crippen LogP contribution in [-0.2, 0) is 26.0 Å². The summed E-state index contributed by atoms with van der Waals surface area (Å²) in [6.45, 7) is 0.0797. The lowest BCUT2D eigenvalue weighted by molar-refractivity contribution is -0.143. The first kappa shape index (κ1) is 21.9. The SMILES string of the molecule is O=C(CCNS(=O)(=O)c1cccc(Cl)c1)OCCCc1nc(-c2cccnc2)no1. The molecule has 0 amide bonds. The van der Waals surface area contributed by atoms with Gasteiger partial charge in [0.1, 0.15) is 0 Å². The van der Waals surface area contributed by atoms with Gasteiger partial charge in [0, 0.05) is 35.9 Å². The van der Waals surface area contributed by atoms with Gasteiger partial charge in [0.15, 0.2) is 0 Å². The molecular weight excluding hydrogens is 432 g/mol. The molecule has 158 valence electrons. The Morgan fingerprint density at radius 3 is 2.87 bits per heavy atom. The quantitative estimate of drug-likeness (QED) is 0.369. The molecule has 2 aromatic heterocycles. The highest BCUT2D eigenvalue weighted by molar-refractivity contribution is 7.89. The molecule has 0 radical (unpaired) electrons. The lowest BCUT2D eigenvalue weighted by atomic mass is 10.3. The van der Waals surface area contributed by atoms with E-state index in [1.165, 1.54) is 18.2 Å². The van der Waals surface area contributed by atoms with Crippen LogP contribution in [0.5, 0.6) is 0 Å². The van der Waals surface area contributed by atoms with Crippen LogP contribution in [0.4, 0.5) is 0 Å². The highest BCUT2D eigenvalue weighted by Gasteiger charge is 2.15. The summed E-state index contributed by atoms with van der Waals surface area (Å²) < 4.78 is 36.9. The summed E-state index contributed by atoms with van der Waals surface area (Å²) in [4.78, 5) is 20.1. The number of benzene rings is 1. The van der Waals surface area contributed by atoms with Gasteiger partial charge in [-0.2, -0.15) is 4.98 Å². The molecule has 9 nitrogen and oxygen atoms in total. The number of rotatable bonds is 10. The Balaban J connectivity index is 1.35. The number of ether oxygens (including phenoxy) is 1. The molecule has 0 unspecified atom stereocenters. The van der Waals surface area contributed by atoms with Gasteiger partial charge >= 0.3 is 5.97 Å². The molecule has 30 heavy (non-hydrogen) atoms. The van der Waals surface area contributed by atoms with Crippen LogP contribution in [0.15, 0.2) is 58.2 Å². The van der Waals surface area contributed by atoms with Gasteiger partial charge in [-0.1, -0.05) is 22.8 Å². The standard InChI is InChI=1S/C19H19ClN4O5S/c20-15-5-1-6-16(12-15)30(26,27)22-10-8-18(25)28-11-3-7-17-23-19(24-29-17)14-4-2-9-21-13-14/h1-2,4-6,9,12-13,22H,3,7-8,10-11H2. The summed E-state index contributed by atoms with van der Waals surface area (Å²) in [5, 5.41) is 4.20. The van der Waals surface area contributed by atoms with E-state index in [0.717, 1.165) is 5.56 Å². The highest BCUT2D eigenvalue weighted by atomic mass is 35.5. The minimum Gasteiger partial charge on any atom is -0.466 e. The van der Waals surface area contributed by atoms with Gasteiger partial charge in [-0.15, -0.1) is 0 Å². The Morgan fingerprint density at radius 2 is 2.10 bits per heavy atom. The lowest BCUT2D eigenvalue weighted by Gasteiger charge is -2.07. The van der Waals surface area contributed by atoms with Gasteiger partial charge in [0.25, 0.3) is 0 Å². The first-order valence-electron chi connectivity index (χ1n) is 9.08. The van der Waals surface area contributed by atoms with E-state index < -0.39 is 16.0 Å². The largest absolute Gasteiger partial charge is 0.466 e. The fraction of sp³-hybridized carbons (Fsp3) is 0.263. The second kappa shape index (κ2) is 10.3. The Labute approximate surface area is 178 Å². The maximum absolute atomic E-state index is 12.1. The van der Waals surface area contributed by atoms with Crippen molar-refractivity contribution >= 4 is 27.6 Å². The van der Waals surface area contributed by atoms with Crippen molar-refractivity contribution in [1.29, 1.82) is 0 Å². The number of aryl methyl sites for hydroxylation is 1. The molecule has 2 heterocycles. The summed E-state index contributed by atoms with van der Waals surface area (Å²) in [7, 11) is -3.73. The molecule has 0 atom stereocenters. The number of halogens is 1. The van der Waals surface area contributed by atoms with Crippen LogP contribution in [0.1, 0.15) is 18.7 Å². The second-order valence-electron chi connectivity index (χ2n) is 6.18. The van der Waals surface area contributed by atoms with Crippen LogP contribution in [0, 0.1) is 0 Å². The fourth-order valence-electron chi connectivity index (χ4n) is 2.46. The summed E-state index contributed by atoms with van der Waals surface area (Å²) in [5.74, 6) is 0.367. The van der Waals surface area contributed by atoms with Gasteiger partial charge in [-0.3, -0.25) is 9.78 Å². The smallest absolute Gasteiger partial charge is 0.307 e. The van der Waals surface area contributed by atoms with Crippen molar-refractivity contribution in [1.82, 2.24) is 19.8 Å². The third kappa shape index (κ3) is 6.34. The van der Waals surface area contributed by atoms with E-state index in [1.54, 1.807) is 24.5 Å². The van der Waals surface area contributed by atoms with Crippen molar-refractivity contribution in [3.63, 3.8) is 0 Å². The molecule has 1 N–H and O–H groups in total. The summed E-state index contributed by atoms with van der Waals surface area (Å²) >= 11 is 5.80. The summed E-state index contributed by atoms with van der Waals surface area (Å²) in [5.41, 5.74) is 0.749. The molecule has 0 saturated carbocycles. The number of carbonyl (C=O) groups is 1.